The van der Waals surface area contributed by atoms with E-state index in [1.165, 1.54) is 6.07 Å². The number of benzene rings is 2. The lowest BCUT2D eigenvalue weighted by Crippen LogP contribution is -2.34. The van der Waals surface area contributed by atoms with Gasteiger partial charge in [0.05, 0.1) is 12.1 Å². The number of halogens is 2. The van der Waals surface area contributed by atoms with Gasteiger partial charge >= 0.3 is 12.1 Å². The molecule has 120 valence electrons. The standard InChI is InChI=1S/C15H12Cl2N2O4/c1-22-15(21)19-14(20)18-10-4-7-13(12(17)8-10)23-11-5-2-9(16)3-6-11/h2-8H,1H3,(H2,18,19,20,21). The van der Waals surface area contributed by atoms with Crippen LogP contribution in [0, 0.1) is 0 Å². The maximum absolute atomic E-state index is 11.5. The Kier molecular flexibility index (Phi) is 5.67. The molecule has 2 rings (SSSR count). The summed E-state index contributed by atoms with van der Waals surface area (Å²) >= 11 is 11.9. The van der Waals surface area contributed by atoms with Gasteiger partial charge in [-0.1, -0.05) is 23.2 Å². The van der Waals surface area contributed by atoms with E-state index in [0.29, 0.717) is 22.2 Å². The van der Waals surface area contributed by atoms with E-state index < -0.39 is 12.1 Å². The molecule has 0 saturated carbocycles. The summed E-state index contributed by atoms with van der Waals surface area (Å²) in [7, 11) is 1.16. The van der Waals surface area contributed by atoms with Gasteiger partial charge in [0.15, 0.2) is 0 Å². The Hall–Kier alpha value is -2.44. The van der Waals surface area contributed by atoms with Gasteiger partial charge in [0, 0.05) is 10.7 Å². The molecule has 0 unspecified atom stereocenters. The van der Waals surface area contributed by atoms with Crippen molar-refractivity contribution in [1.82, 2.24) is 5.32 Å². The van der Waals surface area contributed by atoms with Crippen molar-refractivity contribution in [3.8, 4) is 11.5 Å². The van der Waals surface area contributed by atoms with Gasteiger partial charge in [0.2, 0.25) is 0 Å². The predicted molar refractivity (Wildman–Crippen MR) is 87.5 cm³/mol. The molecule has 2 N–H and O–H groups in total. The fraction of sp³-hybridized carbons (Fsp3) is 0.0667. The molecule has 0 aromatic heterocycles. The number of carbonyl (C=O) groups is 2. The predicted octanol–water partition coefficient (Wildman–Crippen LogP) is 4.67. The zero-order valence-corrected chi connectivity index (χ0v) is 13.4. The number of rotatable bonds is 3. The van der Waals surface area contributed by atoms with Gasteiger partial charge in [0.1, 0.15) is 11.5 Å². The number of hydrogen-bond acceptors (Lipinski definition) is 4. The van der Waals surface area contributed by atoms with E-state index in [-0.39, 0.29) is 5.02 Å². The molecule has 0 spiro atoms. The second-order valence-electron chi connectivity index (χ2n) is 4.27. The second kappa shape index (κ2) is 7.71. The maximum Gasteiger partial charge on any atom is 0.415 e. The average Bonchev–Trinajstić information content (AvgIpc) is 2.51. The number of methoxy groups -OCH3 is 1. The van der Waals surface area contributed by atoms with Crippen molar-refractivity contribution in [2.45, 2.75) is 0 Å². The summed E-state index contributed by atoms with van der Waals surface area (Å²) in [6.07, 6.45) is -0.865. The molecular formula is C15H12Cl2N2O4. The molecule has 2 aromatic carbocycles. The lowest BCUT2D eigenvalue weighted by molar-refractivity contribution is 0.172. The fourth-order valence-corrected chi connectivity index (χ4v) is 1.94. The van der Waals surface area contributed by atoms with Crippen molar-refractivity contribution < 1.29 is 19.1 Å². The van der Waals surface area contributed by atoms with Crippen LogP contribution in [0.25, 0.3) is 0 Å². The highest BCUT2D eigenvalue weighted by Crippen LogP contribution is 2.32. The minimum Gasteiger partial charge on any atom is -0.456 e. The summed E-state index contributed by atoms with van der Waals surface area (Å²) in [5, 5.41) is 5.28. The number of alkyl carbamates (subject to hydrolysis) is 1. The van der Waals surface area contributed by atoms with Gasteiger partial charge in [-0.2, -0.15) is 0 Å². The number of carbonyl (C=O) groups excluding carboxylic acids is 2. The molecule has 0 fully saturated rings. The van der Waals surface area contributed by atoms with Crippen LogP contribution in [0.15, 0.2) is 42.5 Å². The second-order valence-corrected chi connectivity index (χ2v) is 5.12. The molecule has 0 aliphatic carbocycles. The average molecular weight is 355 g/mol. The molecule has 8 heteroatoms. The first-order chi connectivity index (χ1) is 11.0. The molecule has 6 nitrogen and oxygen atoms in total. The summed E-state index contributed by atoms with van der Waals surface area (Å²) in [6, 6.07) is 10.7. The lowest BCUT2D eigenvalue weighted by Gasteiger charge is -2.10. The van der Waals surface area contributed by atoms with E-state index >= 15 is 0 Å². The van der Waals surface area contributed by atoms with Crippen LogP contribution in [-0.4, -0.2) is 19.2 Å². The molecule has 3 amide bonds. The van der Waals surface area contributed by atoms with Crippen LogP contribution in [0.3, 0.4) is 0 Å². The number of imide groups is 1. The molecule has 0 saturated heterocycles. The third-order valence-electron chi connectivity index (χ3n) is 2.63. The van der Waals surface area contributed by atoms with Crippen molar-refractivity contribution >= 4 is 41.0 Å². The highest BCUT2D eigenvalue weighted by molar-refractivity contribution is 6.32. The zero-order chi connectivity index (χ0) is 16.8. The summed E-state index contributed by atoms with van der Waals surface area (Å²) < 4.78 is 9.92. The van der Waals surface area contributed by atoms with E-state index in [4.69, 9.17) is 27.9 Å². The summed E-state index contributed by atoms with van der Waals surface area (Å²) in [4.78, 5) is 22.4. The Bertz CT molecular complexity index is 720. The number of urea groups is 1. The van der Waals surface area contributed by atoms with Crippen LogP contribution in [0.1, 0.15) is 0 Å². The van der Waals surface area contributed by atoms with E-state index in [0.717, 1.165) is 7.11 Å². The molecule has 0 bridgehead atoms. The molecule has 0 radical (unpaired) electrons. The molecular weight excluding hydrogens is 343 g/mol. The van der Waals surface area contributed by atoms with Crippen molar-refractivity contribution in [2.24, 2.45) is 0 Å². The topological polar surface area (TPSA) is 76.7 Å². The quantitative estimate of drug-likeness (QED) is 0.839. The number of anilines is 1. The van der Waals surface area contributed by atoms with Crippen molar-refractivity contribution in [3.05, 3.63) is 52.5 Å². The normalized spacial score (nSPS) is 9.87. The first kappa shape index (κ1) is 16.9. The Balaban J connectivity index is 2.04. The van der Waals surface area contributed by atoms with Crippen LogP contribution in [0.2, 0.25) is 10.0 Å². The molecule has 23 heavy (non-hydrogen) atoms. The summed E-state index contributed by atoms with van der Waals surface area (Å²) in [5.41, 5.74) is 0.389. The number of hydrogen-bond donors (Lipinski definition) is 2. The maximum atomic E-state index is 11.5. The monoisotopic (exact) mass is 354 g/mol. The van der Waals surface area contributed by atoms with Gasteiger partial charge in [-0.3, -0.25) is 0 Å². The van der Waals surface area contributed by atoms with Crippen LogP contribution in [-0.2, 0) is 4.74 Å². The van der Waals surface area contributed by atoms with Crippen LogP contribution < -0.4 is 15.4 Å². The van der Waals surface area contributed by atoms with Gasteiger partial charge < -0.3 is 14.8 Å². The molecule has 0 heterocycles. The zero-order valence-electron chi connectivity index (χ0n) is 11.9. The minimum atomic E-state index is -0.865. The first-order valence-electron chi connectivity index (χ1n) is 6.37. The summed E-state index contributed by atoms with van der Waals surface area (Å²) in [5.74, 6) is 0.980. The largest absolute Gasteiger partial charge is 0.456 e. The Labute approximate surface area is 142 Å². The third-order valence-corrected chi connectivity index (χ3v) is 3.18. The highest BCUT2D eigenvalue weighted by atomic mass is 35.5. The molecule has 2 aromatic rings. The Morgan fingerprint density at radius 1 is 1.04 bits per heavy atom. The van der Waals surface area contributed by atoms with E-state index in [1.807, 2.05) is 5.32 Å². The highest BCUT2D eigenvalue weighted by Gasteiger charge is 2.09. The van der Waals surface area contributed by atoms with Gasteiger partial charge in [-0.15, -0.1) is 0 Å². The van der Waals surface area contributed by atoms with E-state index in [9.17, 15) is 9.59 Å². The van der Waals surface area contributed by atoms with Crippen LogP contribution in [0.4, 0.5) is 15.3 Å². The molecule has 0 aliphatic heterocycles. The first-order valence-corrected chi connectivity index (χ1v) is 7.12. The van der Waals surface area contributed by atoms with Crippen molar-refractivity contribution in [3.63, 3.8) is 0 Å². The van der Waals surface area contributed by atoms with Crippen molar-refractivity contribution in [1.29, 1.82) is 0 Å². The van der Waals surface area contributed by atoms with Gasteiger partial charge in [-0.05, 0) is 42.5 Å². The van der Waals surface area contributed by atoms with E-state index in [2.05, 4.69) is 10.1 Å². The van der Waals surface area contributed by atoms with Crippen molar-refractivity contribution in [2.75, 3.05) is 12.4 Å². The SMILES string of the molecule is COC(=O)NC(=O)Nc1ccc(Oc2ccc(Cl)cc2)c(Cl)c1. The van der Waals surface area contributed by atoms with E-state index in [1.54, 1.807) is 36.4 Å². The smallest absolute Gasteiger partial charge is 0.415 e. The van der Waals surface area contributed by atoms with Crippen LogP contribution in [0.5, 0.6) is 11.5 Å². The number of amides is 3. The van der Waals surface area contributed by atoms with Gasteiger partial charge in [0.25, 0.3) is 0 Å². The molecule has 0 aliphatic rings. The molecule has 0 atom stereocenters. The third kappa shape index (κ3) is 5.05. The van der Waals surface area contributed by atoms with Crippen LogP contribution >= 0.6 is 23.2 Å². The summed E-state index contributed by atoms with van der Waals surface area (Å²) in [6.45, 7) is 0. The lowest BCUT2D eigenvalue weighted by atomic mass is 10.3. The van der Waals surface area contributed by atoms with Gasteiger partial charge in [-0.25, -0.2) is 14.9 Å². The number of nitrogens with one attached hydrogen (secondary N) is 2. The number of ether oxygens (including phenoxy) is 2. The Morgan fingerprint density at radius 2 is 1.74 bits per heavy atom. The Morgan fingerprint density at radius 3 is 2.35 bits per heavy atom. The minimum absolute atomic E-state index is 0.288. The fourth-order valence-electron chi connectivity index (χ4n) is 1.60.